The molecule has 0 N–H and O–H groups in total. The van der Waals surface area contributed by atoms with Crippen LogP contribution in [-0.2, 0) is 13.3 Å². The van der Waals surface area contributed by atoms with E-state index in [0.717, 1.165) is 0 Å². The van der Waals surface area contributed by atoms with Gasteiger partial charge in [0.25, 0.3) is 0 Å². The van der Waals surface area contributed by atoms with Gasteiger partial charge in [0.05, 0.1) is 0 Å². The first-order valence-corrected chi connectivity index (χ1v) is 23.6. The van der Waals surface area contributed by atoms with Crippen LogP contribution in [0.4, 0.5) is 215 Å². The lowest BCUT2D eigenvalue weighted by Gasteiger charge is -2.42. The van der Waals surface area contributed by atoms with Crippen LogP contribution in [0.2, 0.25) is 5.44 Å². The Morgan fingerprint density at radius 1 is 0.250 bits per heavy atom. The molecule has 0 amide bonds. The maximum absolute atomic E-state index is 15.7. The summed E-state index contributed by atoms with van der Waals surface area (Å²) in [7, 11) is -8.80. The molecule has 1 unspecified atom stereocenters. The van der Waals surface area contributed by atoms with E-state index in [1.807, 2.05) is 0 Å². The van der Waals surface area contributed by atoms with Crippen LogP contribution in [-0.4, -0.2) is 143 Å². The summed E-state index contributed by atoms with van der Waals surface area (Å²) in [6, 6.07) is 0. The molecule has 92 heavy (non-hydrogen) atoms. The Kier molecular flexibility index (Phi) is 22.1. The molecule has 536 valence electrons. The molecule has 0 saturated heterocycles. The molecule has 0 spiro atoms. The fourth-order valence-corrected chi connectivity index (χ4v) is 9.94. The van der Waals surface area contributed by atoms with Crippen molar-refractivity contribution in [2.24, 2.45) is 0 Å². The second-order valence-corrected chi connectivity index (χ2v) is 21.1. The number of hydrogen-bond donors (Lipinski definition) is 0. The van der Waals surface area contributed by atoms with Gasteiger partial charge < -0.3 is 13.3 Å². The first-order valence-electron chi connectivity index (χ1n) is 21.8. The number of benzene rings is 2. The molecule has 0 aliphatic rings. The lowest BCUT2D eigenvalue weighted by Crippen LogP contribution is -2.70. The summed E-state index contributed by atoms with van der Waals surface area (Å²) in [5, 5.41) is 0. The Bertz CT molecular complexity index is 2660. The molecule has 0 aliphatic carbocycles. The average Bonchev–Trinajstić information content (AvgIpc) is 0.731. The highest BCUT2D eigenvalue weighted by Crippen LogP contribution is 2.64. The summed E-state index contributed by atoms with van der Waals surface area (Å²) < 4.78 is 707. The number of alkyl halides is 39. The number of rotatable bonds is 28. The quantitative estimate of drug-likeness (QED) is 0.0368. The SMILES string of the molecule is CC(B(c1c(F)c(F)c(F)c(F)c1F)c1c(F)c(F)c(F)c(F)c1F)[Si](OCCC(F)(F)C(F)(F)C(F)(F)C(F)(F)C(F)(F)C(F)(F)F)(OCCC(F)(F)C(F)(F)C(F)(F)C(F)(F)C(F)(F)C(F)(F)F)OCCC(F)(F)C(F)(F)C(F)(F)C(F)(F)C(F)(F)C(F)(F)F. The van der Waals surface area contributed by atoms with Crippen molar-refractivity contribution in [2.75, 3.05) is 19.8 Å². The summed E-state index contributed by atoms with van der Waals surface area (Å²) in [6.45, 7) is -18.1. The van der Waals surface area contributed by atoms with E-state index in [4.69, 9.17) is 0 Å². The van der Waals surface area contributed by atoms with Gasteiger partial charge in [-0.25, -0.2) is 43.9 Å². The second kappa shape index (κ2) is 24.4. The molecule has 0 fully saturated rings. The van der Waals surface area contributed by atoms with Crippen molar-refractivity contribution in [1.82, 2.24) is 0 Å². The maximum atomic E-state index is 15.7. The minimum atomic E-state index is -9.10. The summed E-state index contributed by atoms with van der Waals surface area (Å²) >= 11 is 0. The Labute approximate surface area is 472 Å². The molecule has 0 aromatic heterocycles. The van der Waals surface area contributed by atoms with Gasteiger partial charge >= 0.3 is 116 Å². The largest absolute Gasteiger partial charge is 0.497 e. The third-order valence-electron chi connectivity index (χ3n) is 12.3. The van der Waals surface area contributed by atoms with Gasteiger partial charge in [-0.1, -0.05) is 6.92 Å². The van der Waals surface area contributed by atoms with E-state index in [9.17, 15) is 171 Å². The Hall–Kier alpha value is -4.83. The van der Waals surface area contributed by atoms with E-state index in [1.165, 1.54) is 0 Å². The zero-order valence-corrected chi connectivity index (χ0v) is 42.6. The molecule has 2 rings (SSSR count). The highest BCUT2D eigenvalue weighted by atomic mass is 28.4. The predicted octanol–water partition coefficient (Wildman–Crippen LogP) is 17.0. The van der Waals surface area contributed by atoms with E-state index >= 15 is 43.9 Å². The Morgan fingerprint density at radius 3 is 0.565 bits per heavy atom. The van der Waals surface area contributed by atoms with Gasteiger partial charge in [-0.3, -0.25) is 0 Å². The van der Waals surface area contributed by atoms with Gasteiger partial charge in [-0.15, -0.1) is 0 Å². The zero-order chi connectivity index (χ0) is 73.9. The Morgan fingerprint density at radius 2 is 0.402 bits per heavy atom. The molecule has 0 saturated carbocycles. The molecular formula is C38H16BF49O3Si. The Balaban J connectivity index is 3.47. The van der Waals surface area contributed by atoms with Crippen molar-refractivity contribution in [3.8, 4) is 0 Å². The van der Waals surface area contributed by atoms with Crippen LogP contribution < -0.4 is 10.9 Å². The van der Waals surface area contributed by atoms with Crippen LogP contribution in [0.25, 0.3) is 0 Å². The zero-order valence-electron chi connectivity index (χ0n) is 41.6. The molecule has 0 bridgehead atoms. The average molecular weight is 1490 g/mol. The molecule has 0 radical (unpaired) electrons. The van der Waals surface area contributed by atoms with E-state index in [2.05, 4.69) is 13.3 Å². The van der Waals surface area contributed by atoms with Crippen molar-refractivity contribution in [3.05, 3.63) is 58.2 Å². The van der Waals surface area contributed by atoms with Gasteiger partial charge in [-0.05, 0) is 0 Å². The number of halogens is 49. The first kappa shape index (κ1) is 83.3. The van der Waals surface area contributed by atoms with Crippen molar-refractivity contribution >= 4 is 26.4 Å². The number of hydrogen-bond acceptors (Lipinski definition) is 3. The maximum Gasteiger partial charge on any atom is 0.497 e. The van der Waals surface area contributed by atoms with Crippen molar-refractivity contribution in [2.45, 2.75) is 139 Å². The third kappa shape index (κ3) is 12.4. The lowest BCUT2D eigenvalue weighted by molar-refractivity contribution is -0.440. The van der Waals surface area contributed by atoms with Crippen molar-refractivity contribution < 1.29 is 228 Å². The predicted molar refractivity (Wildman–Crippen MR) is 197 cm³/mol. The van der Waals surface area contributed by atoms with Gasteiger partial charge in [0.15, 0.2) is 58.2 Å². The van der Waals surface area contributed by atoms with E-state index in [-0.39, 0.29) is 0 Å². The molecule has 3 nitrogen and oxygen atoms in total. The topological polar surface area (TPSA) is 27.7 Å². The molecule has 0 aliphatic heterocycles. The van der Waals surface area contributed by atoms with Crippen LogP contribution in [0, 0.1) is 58.2 Å². The molecule has 2 aromatic carbocycles. The highest BCUT2D eigenvalue weighted by Gasteiger charge is 2.93. The fourth-order valence-electron chi connectivity index (χ4n) is 7.00. The van der Waals surface area contributed by atoms with Crippen molar-refractivity contribution in [1.29, 1.82) is 0 Å². The van der Waals surface area contributed by atoms with Gasteiger partial charge in [0.1, 0.15) is 0 Å². The van der Waals surface area contributed by atoms with E-state index in [0.29, 0.717) is 0 Å². The summed E-state index contributed by atoms with van der Waals surface area (Å²) in [4.78, 5) is 0. The van der Waals surface area contributed by atoms with E-state index in [1.54, 1.807) is 0 Å². The van der Waals surface area contributed by atoms with Crippen LogP contribution in [0.1, 0.15) is 26.2 Å². The van der Waals surface area contributed by atoms with Crippen LogP contribution in [0.5, 0.6) is 0 Å². The lowest BCUT2D eigenvalue weighted by atomic mass is 9.37. The molecular weight excluding hydrogens is 1470 g/mol. The second-order valence-electron chi connectivity index (χ2n) is 18.1. The monoisotopic (exact) mass is 1490 g/mol. The molecule has 2 aromatic rings. The summed E-state index contributed by atoms with van der Waals surface area (Å²) in [5.74, 6) is -170. The molecule has 0 heterocycles. The van der Waals surface area contributed by atoms with E-state index < -0.39 is 243 Å². The first-order chi connectivity index (χ1) is 40.0. The van der Waals surface area contributed by atoms with Gasteiger partial charge in [0, 0.05) is 55.4 Å². The summed E-state index contributed by atoms with van der Waals surface area (Å²) in [6.07, 6.45) is -38.2. The normalized spacial score (nSPS) is 15.8. The highest BCUT2D eigenvalue weighted by molar-refractivity contribution is 6.95. The van der Waals surface area contributed by atoms with Crippen molar-refractivity contribution in [3.63, 3.8) is 0 Å². The van der Waals surface area contributed by atoms with Crippen LogP contribution in [0.3, 0.4) is 0 Å². The molecule has 1 atom stereocenters. The van der Waals surface area contributed by atoms with Crippen LogP contribution >= 0.6 is 0 Å². The summed E-state index contributed by atoms with van der Waals surface area (Å²) in [5.41, 5.74) is -12.2. The fraction of sp³-hybridized carbons (Fsp3) is 0.684. The smallest absolute Gasteiger partial charge is 0.373 e. The molecule has 54 heteroatoms. The van der Waals surface area contributed by atoms with Gasteiger partial charge in [0.2, 0.25) is 6.71 Å². The minimum absolute atomic E-state index is 1.06. The minimum Gasteiger partial charge on any atom is -0.373 e. The van der Waals surface area contributed by atoms with Gasteiger partial charge in [-0.2, -0.15) is 171 Å². The van der Waals surface area contributed by atoms with Crippen LogP contribution in [0.15, 0.2) is 0 Å². The standard InChI is InChI=1S/C38H16BF49O3Si/c1-8(39(9-11(40)15(44)19(48)16(45)12(9)41)10-13(42)17(46)20(49)18(47)14(10)43)92(89-5-2-21(50,51)24(56,57)27(62,63)30(68,69)33(74,75)36(80,81)82,90-6-3-22(52,53)25(58,59)28(64,65)31(70,71)34(76,77)37(83,84)85)91-7-4-23(54,55)26(60,61)29(66,67)32(72,73)35(78,79)38(86,87)88/h8H,2-7H2,1H3. The third-order valence-corrected chi connectivity index (χ3v) is 15.6.